The van der Waals surface area contributed by atoms with Crippen molar-refractivity contribution in [1.82, 2.24) is 0 Å². The van der Waals surface area contributed by atoms with Gasteiger partial charge in [-0.05, 0) is 58.2 Å². The lowest BCUT2D eigenvalue weighted by atomic mass is 9.76. The molecule has 0 radical (unpaired) electrons. The predicted octanol–water partition coefficient (Wildman–Crippen LogP) is 6.39. The number of rotatable bonds is 5. The number of fused-ring (bicyclic) bond motifs is 2. The van der Waals surface area contributed by atoms with Crippen LogP contribution in [0.1, 0.15) is 58.1 Å². The zero-order valence-electron chi connectivity index (χ0n) is 17.6. The molecule has 1 aliphatic rings. The summed E-state index contributed by atoms with van der Waals surface area (Å²) in [4.78, 5) is 13.3. The van der Waals surface area contributed by atoms with Gasteiger partial charge in [0.15, 0.2) is 0 Å². The first-order valence-electron chi connectivity index (χ1n) is 9.93. The van der Waals surface area contributed by atoms with Crippen LogP contribution < -0.4 is 10.2 Å². The molecule has 0 bridgehead atoms. The molecule has 3 heteroatoms. The molecule has 1 aromatic carbocycles. The molecule has 2 aromatic rings. The van der Waals surface area contributed by atoms with Crippen LogP contribution in [0.15, 0.2) is 63.4 Å². The lowest BCUT2D eigenvalue weighted by Gasteiger charge is -2.35. The summed E-state index contributed by atoms with van der Waals surface area (Å²) < 4.78 is 12.2. The van der Waals surface area contributed by atoms with Gasteiger partial charge in [0.25, 0.3) is 5.95 Å². The third kappa shape index (κ3) is 3.84. The van der Waals surface area contributed by atoms with E-state index in [4.69, 9.17) is 9.15 Å². The Morgan fingerprint density at radius 3 is 2.75 bits per heavy atom. The van der Waals surface area contributed by atoms with E-state index in [0.29, 0.717) is 28.9 Å². The van der Waals surface area contributed by atoms with Gasteiger partial charge in [0, 0.05) is 11.8 Å². The van der Waals surface area contributed by atoms with Crippen molar-refractivity contribution in [2.24, 2.45) is 0 Å². The molecule has 3 rings (SSSR count). The zero-order chi connectivity index (χ0) is 20.5. The average Bonchev–Trinajstić information content (AvgIpc) is 2.60. The predicted molar refractivity (Wildman–Crippen MR) is 116 cm³/mol. The van der Waals surface area contributed by atoms with Crippen LogP contribution in [0.4, 0.5) is 0 Å². The van der Waals surface area contributed by atoms with E-state index in [1.54, 1.807) is 0 Å². The normalized spacial score (nSPS) is 21.8. The second-order valence-electron chi connectivity index (χ2n) is 8.36. The number of hydrogen-bond acceptors (Lipinski definition) is 3. The maximum Gasteiger partial charge on any atom is 0.293 e. The van der Waals surface area contributed by atoms with Crippen LogP contribution in [-0.4, -0.2) is 6.10 Å². The fraction of sp³-hybridized carbons (Fsp3) is 0.400. The van der Waals surface area contributed by atoms with E-state index < -0.39 is 5.41 Å². The summed E-state index contributed by atoms with van der Waals surface area (Å²) in [6, 6.07) is 5.65. The SMILES string of the molecule is C=CC1(C)CC(C=C(C)CCC=C(C)C)Oc2oc3cccc(C)c3c(=O)c21. The molecule has 28 heavy (non-hydrogen) atoms. The first-order chi connectivity index (χ1) is 13.2. The van der Waals surface area contributed by atoms with Crippen LogP contribution in [-0.2, 0) is 5.41 Å². The summed E-state index contributed by atoms with van der Waals surface area (Å²) in [6.07, 6.45) is 8.79. The van der Waals surface area contributed by atoms with E-state index in [2.05, 4.69) is 39.5 Å². The molecule has 0 amide bonds. The molecular weight excluding hydrogens is 348 g/mol. The van der Waals surface area contributed by atoms with Gasteiger partial charge in [-0.3, -0.25) is 4.79 Å². The van der Waals surface area contributed by atoms with Crippen LogP contribution in [0.5, 0.6) is 5.95 Å². The topological polar surface area (TPSA) is 39.4 Å². The lowest BCUT2D eigenvalue weighted by Crippen LogP contribution is -2.38. The highest BCUT2D eigenvalue weighted by molar-refractivity contribution is 5.81. The smallest absolute Gasteiger partial charge is 0.293 e. The first kappa shape index (κ1) is 20.2. The Balaban J connectivity index is 2.02. The Hall–Kier alpha value is -2.55. The molecule has 0 fully saturated rings. The van der Waals surface area contributed by atoms with Crippen molar-refractivity contribution < 1.29 is 9.15 Å². The van der Waals surface area contributed by atoms with E-state index in [0.717, 1.165) is 18.4 Å². The quantitative estimate of drug-likeness (QED) is 0.566. The second-order valence-corrected chi connectivity index (χ2v) is 8.36. The standard InChI is InChI=1S/C25H30O3/c1-7-25(6)15-19(14-17(4)11-8-10-16(2)3)27-24-22(25)23(26)21-18(5)12-9-13-20(21)28-24/h7,9-10,12-14,19H,1,8,11,15H2,2-6H3. The summed E-state index contributed by atoms with van der Waals surface area (Å²) >= 11 is 0. The zero-order valence-corrected chi connectivity index (χ0v) is 17.6. The molecule has 2 atom stereocenters. The number of ether oxygens (including phenoxy) is 1. The van der Waals surface area contributed by atoms with Gasteiger partial charge in [-0.1, -0.05) is 42.4 Å². The highest BCUT2D eigenvalue weighted by Gasteiger charge is 2.40. The van der Waals surface area contributed by atoms with Gasteiger partial charge in [0.2, 0.25) is 5.43 Å². The van der Waals surface area contributed by atoms with Crippen molar-refractivity contribution in [3.8, 4) is 5.95 Å². The molecule has 1 aromatic heterocycles. The van der Waals surface area contributed by atoms with Gasteiger partial charge >= 0.3 is 0 Å². The van der Waals surface area contributed by atoms with Crippen molar-refractivity contribution in [2.45, 2.75) is 65.4 Å². The monoisotopic (exact) mass is 378 g/mol. The Labute approximate surface area is 167 Å². The summed E-state index contributed by atoms with van der Waals surface area (Å²) in [5.41, 5.74) is 4.16. The molecule has 0 saturated heterocycles. The minimum atomic E-state index is -0.494. The summed E-state index contributed by atoms with van der Waals surface area (Å²) in [5, 5.41) is 0.629. The third-order valence-electron chi connectivity index (χ3n) is 5.56. The van der Waals surface area contributed by atoms with E-state index in [9.17, 15) is 4.79 Å². The molecule has 1 aliphatic heterocycles. The van der Waals surface area contributed by atoms with Crippen molar-refractivity contribution in [3.05, 3.63) is 75.5 Å². The van der Waals surface area contributed by atoms with Crippen LogP contribution in [0.2, 0.25) is 0 Å². The lowest BCUT2D eigenvalue weighted by molar-refractivity contribution is 0.137. The second kappa shape index (κ2) is 7.83. The van der Waals surface area contributed by atoms with Gasteiger partial charge in [-0.25, -0.2) is 0 Å². The van der Waals surface area contributed by atoms with E-state index in [-0.39, 0.29) is 11.5 Å². The fourth-order valence-corrected chi connectivity index (χ4v) is 3.93. The fourth-order valence-electron chi connectivity index (χ4n) is 3.93. The molecule has 0 saturated carbocycles. The summed E-state index contributed by atoms with van der Waals surface area (Å²) in [7, 11) is 0. The van der Waals surface area contributed by atoms with Crippen LogP contribution >= 0.6 is 0 Å². The van der Waals surface area contributed by atoms with Gasteiger partial charge in [0.05, 0.1) is 10.9 Å². The Morgan fingerprint density at radius 2 is 2.07 bits per heavy atom. The van der Waals surface area contributed by atoms with Gasteiger partial charge in [0.1, 0.15) is 11.7 Å². The third-order valence-corrected chi connectivity index (χ3v) is 5.56. The number of allylic oxidation sites excluding steroid dienone is 4. The minimum absolute atomic E-state index is 0.0144. The summed E-state index contributed by atoms with van der Waals surface area (Å²) in [5.74, 6) is 0.329. The largest absolute Gasteiger partial charge is 0.457 e. The van der Waals surface area contributed by atoms with Crippen molar-refractivity contribution in [2.75, 3.05) is 0 Å². The molecule has 0 N–H and O–H groups in total. The van der Waals surface area contributed by atoms with Crippen molar-refractivity contribution in [3.63, 3.8) is 0 Å². The maximum atomic E-state index is 13.3. The number of hydrogen-bond donors (Lipinski definition) is 0. The van der Waals surface area contributed by atoms with Crippen molar-refractivity contribution >= 4 is 11.0 Å². The first-order valence-corrected chi connectivity index (χ1v) is 9.93. The Kier molecular flexibility index (Phi) is 5.64. The molecule has 3 nitrogen and oxygen atoms in total. The molecule has 0 aliphatic carbocycles. The average molecular weight is 379 g/mol. The Bertz CT molecular complexity index is 1020. The van der Waals surface area contributed by atoms with Crippen molar-refractivity contribution in [1.29, 1.82) is 0 Å². The van der Waals surface area contributed by atoms with Crippen LogP contribution in [0.25, 0.3) is 11.0 Å². The maximum absolute atomic E-state index is 13.3. The molecular formula is C25H30O3. The van der Waals surface area contributed by atoms with Gasteiger partial charge in [-0.2, -0.15) is 0 Å². The summed E-state index contributed by atoms with van der Waals surface area (Å²) in [6.45, 7) is 14.4. The van der Waals surface area contributed by atoms with E-state index >= 15 is 0 Å². The minimum Gasteiger partial charge on any atom is -0.457 e. The molecule has 2 heterocycles. The van der Waals surface area contributed by atoms with E-state index in [1.807, 2.05) is 38.1 Å². The highest BCUT2D eigenvalue weighted by Crippen LogP contribution is 2.42. The highest BCUT2D eigenvalue weighted by atomic mass is 16.6. The van der Waals surface area contributed by atoms with Crippen LogP contribution in [0, 0.1) is 6.92 Å². The van der Waals surface area contributed by atoms with Crippen LogP contribution in [0.3, 0.4) is 0 Å². The number of aryl methyl sites for hydroxylation is 1. The van der Waals surface area contributed by atoms with Gasteiger partial charge in [-0.15, -0.1) is 6.58 Å². The molecule has 148 valence electrons. The molecule has 2 unspecified atom stereocenters. The Morgan fingerprint density at radius 1 is 1.32 bits per heavy atom. The van der Waals surface area contributed by atoms with E-state index in [1.165, 1.54) is 11.1 Å². The van der Waals surface area contributed by atoms with Gasteiger partial charge < -0.3 is 9.15 Å². The number of benzene rings is 1. The molecule has 0 spiro atoms.